The molecule has 0 aliphatic rings. The van der Waals surface area contributed by atoms with Crippen molar-refractivity contribution >= 4 is 5.78 Å². The lowest BCUT2D eigenvalue weighted by molar-refractivity contribution is -0.118. The van der Waals surface area contributed by atoms with Crippen LogP contribution >= 0.6 is 0 Å². The molecule has 1 aromatic rings. The largest absolute Gasteiger partial charge is 0.324 e. The standard InChI is InChI=1S/C7H11N3O/c8-6-7(11)2-5-10-4-1-3-9-10/h1,3-4H,2,5-6,8H2. The van der Waals surface area contributed by atoms with E-state index in [-0.39, 0.29) is 12.3 Å². The summed E-state index contributed by atoms with van der Waals surface area (Å²) >= 11 is 0. The Morgan fingerprint density at radius 2 is 2.45 bits per heavy atom. The third-order valence-electron chi connectivity index (χ3n) is 1.41. The molecule has 4 heteroatoms. The van der Waals surface area contributed by atoms with Crippen LogP contribution in [0.4, 0.5) is 0 Å². The fraction of sp³-hybridized carbons (Fsp3) is 0.429. The number of carbonyl (C=O) groups excluding carboxylic acids is 1. The molecule has 0 unspecified atom stereocenters. The Morgan fingerprint density at radius 1 is 1.64 bits per heavy atom. The molecule has 0 bridgehead atoms. The molecular formula is C7H11N3O. The van der Waals surface area contributed by atoms with Crippen molar-refractivity contribution in [1.82, 2.24) is 9.78 Å². The summed E-state index contributed by atoms with van der Waals surface area (Å²) < 4.78 is 1.72. The Bertz CT molecular complexity index is 218. The van der Waals surface area contributed by atoms with Gasteiger partial charge in [0.15, 0.2) is 0 Å². The smallest absolute Gasteiger partial charge is 0.148 e. The first-order valence-electron chi connectivity index (χ1n) is 3.52. The topological polar surface area (TPSA) is 60.9 Å². The minimum atomic E-state index is 0.0699. The molecule has 0 saturated carbocycles. The van der Waals surface area contributed by atoms with Gasteiger partial charge in [0.05, 0.1) is 6.54 Å². The molecule has 0 amide bonds. The van der Waals surface area contributed by atoms with E-state index in [1.807, 2.05) is 12.3 Å². The van der Waals surface area contributed by atoms with E-state index in [0.717, 1.165) is 0 Å². The van der Waals surface area contributed by atoms with E-state index in [4.69, 9.17) is 5.73 Å². The summed E-state index contributed by atoms with van der Waals surface area (Å²) in [5.41, 5.74) is 5.13. The molecule has 0 aliphatic heterocycles. The van der Waals surface area contributed by atoms with Crippen LogP contribution in [0.5, 0.6) is 0 Å². The maximum Gasteiger partial charge on any atom is 0.148 e. The number of hydrogen-bond donors (Lipinski definition) is 1. The summed E-state index contributed by atoms with van der Waals surface area (Å²) in [6.45, 7) is 0.754. The van der Waals surface area contributed by atoms with E-state index < -0.39 is 0 Å². The first kappa shape index (κ1) is 7.94. The zero-order valence-electron chi connectivity index (χ0n) is 6.23. The SMILES string of the molecule is NCC(=O)CCn1cccn1. The van der Waals surface area contributed by atoms with Gasteiger partial charge in [0.1, 0.15) is 5.78 Å². The van der Waals surface area contributed by atoms with Crippen LogP contribution in [0, 0.1) is 0 Å². The number of ketones is 1. The summed E-state index contributed by atoms with van der Waals surface area (Å²) in [6.07, 6.45) is 3.98. The molecule has 11 heavy (non-hydrogen) atoms. The van der Waals surface area contributed by atoms with Crippen LogP contribution < -0.4 is 5.73 Å². The fourth-order valence-corrected chi connectivity index (χ4v) is 0.774. The van der Waals surface area contributed by atoms with Crippen LogP contribution in [-0.4, -0.2) is 22.1 Å². The number of rotatable bonds is 4. The van der Waals surface area contributed by atoms with Gasteiger partial charge in [0.25, 0.3) is 0 Å². The molecule has 1 rings (SSSR count). The molecule has 0 radical (unpaired) electrons. The molecule has 0 aromatic carbocycles. The second-order valence-electron chi connectivity index (χ2n) is 2.26. The number of nitrogens with zero attached hydrogens (tertiary/aromatic N) is 2. The van der Waals surface area contributed by atoms with Crippen molar-refractivity contribution in [2.45, 2.75) is 13.0 Å². The average Bonchev–Trinajstić information content (AvgIpc) is 2.52. The zero-order chi connectivity index (χ0) is 8.10. The summed E-state index contributed by atoms with van der Waals surface area (Å²) in [6, 6.07) is 1.83. The molecule has 60 valence electrons. The van der Waals surface area contributed by atoms with Crippen molar-refractivity contribution in [3.05, 3.63) is 18.5 Å². The van der Waals surface area contributed by atoms with Gasteiger partial charge in [0, 0.05) is 25.4 Å². The van der Waals surface area contributed by atoms with Gasteiger partial charge in [-0.15, -0.1) is 0 Å². The monoisotopic (exact) mass is 153 g/mol. The van der Waals surface area contributed by atoms with E-state index in [9.17, 15) is 4.79 Å². The highest BCUT2D eigenvalue weighted by Crippen LogP contribution is 1.89. The van der Waals surface area contributed by atoms with E-state index in [1.165, 1.54) is 0 Å². The van der Waals surface area contributed by atoms with Crippen LogP contribution in [0.1, 0.15) is 6.42 Å². The predicted molar refractivity (Wildman–Crippen MR) is 40.9 cm³/mol. The maximum absolute atomic E-state index is 10.7. The van der Waals surface area contributed by atoms with Crippen LogP contribution in [0.2, 0.25) is 0 Å². The number of nitrogens with two attached hydrogens (primary N) is 1. The Balaban J connectivity index is 2.29. The molecule has 0 fully saturated rings. The lowest BCUT2D eigenvalue weighted by Crippen LogP contribution is -2.15. The van der Waals surface area contributed by atoms with Crippen LogP contribution in [0.15, 0.2) is 18.5 Å². The van der Waals surface area contributed by atoms with Crippen LogP contribution in [0.3, 0.4) is 0 Å². The van der Waals surface area contributed by atoms with Gasteiger partial charge in [-0.05, 0) is 6.07 Å². The minimum absolute atomic E-state index is 0.0699. The number of hydrogen-bond acceptors (Lipinski definition) is 3. The molecule has 0 saturated heterocycles. The van der Waals surface area contributed by atoms with Gasteiger partial charge in [-0.3, -0.25) is 9.48 Å². The van der Waals surface area contributed by atoms with Gasteiger partial charge < -0.3 is 5.73 Å². The molecule has 4 nitrogen and oxygen atoms in total. The van der Waals surface area contributed by atoms with E-state index >= 15 is 0 Å². The summed E-state index contributed by atoms with van der Waals surface area (Å²) in [4.78, 5) is 10.7. The molecular weight excluding hydrogens is 142 g/mol. The quantitative estimate of drug-likeness (QED) is 0.651. The molecule has 0 atom stereocenters. The van der Waals surface area contributed by atoms with Crippen molar-refractivity contribution in [2.75, 3.05) is 6.54 Å². The van der Waals surface area contributed by atoms with Gasteiger partial charge in [-0.2, -0.15) is 5.10 Å². The number of Topliss-reactive ketones (excluding diaryl/α,β-unsaturated/α-hetero) is 1. The molecule has 0 spiro atoms. The minimum Gasteiger partial charge on any atom is -0.324 e. The number of carbonyl (C=O) groups is 1. The molecule has 1 heterocycles. The van der Waals surface area contributed by atoms with Gasteiger partial charge in [-0.1, -0.05) is 0 Å². The van der Waals surface area contributed by atoms with E-state index in [0.29, 0.717) is 13.0 Å². The number of aryl methyl sites for hydroxylation is 1. The van der Waals surface area contributed by atoms with Crippen molar-refractivity contribution < 1.29 is 4.79 Å². The van der Waals surface area contributed by atoms with Crippen LogP contribution in [-0.2, 0) is 11.3 Å². The van der Waals surface area contributed by atoms with Crippen LogP contribution in [0.25, 0.3) is 0 Å². The van der Waals surface area contributed by atoms with Crippen molar-refractivity contribution in [1.29, 1.82) is 0 Å². The Hall–Kier alpha value is -1.16. The van der Waals surface area contributed by atoms with Gasteiger partial charge in [0.2, 0.25) is 0 Å². The van der Waals surface area contributed by atoms with E-state index in [2.05, 4.69) is 5.10 Å². The fourth-order valence-electron chi connectivity index (χ4n) is 0.774. The first-order valence-corrected chi connectivity index (χ1v) is 3.52. The second-order valence-corrected chi connectivity index (χ2v) is 2.26. The number of aromatic nitrogens is 2. The first-order chi connectivity index (χ1) is 5.33. The summed E-state index contributed by atoms with van der Waals surface area (Å²) in [5.74, 6) is 0.0699. The highest BCUT2D eigenvalue weighted by Gasteiger charge is 1.97. The summed E-state index contributed by atoms with van der Waals surface area (Å²) in [5, 5.41) is 3.95. The Morgan fingerprint density at radius 3 is 3.00 bits per heavy atom. The van der Waals surface area contributed by atoms with Gasteiger partial charge in [-0.25, -0.2) is 0 Å². The lowest BCUT2D eigenvalue weighted by atomic mass is 10.3. The highest BCUT2D eigenvalue weighted by atomic mass is 16.1. The molecule has 1 aromatic heterocycles. The normalized spacial score (nSPS) is 9.91. The van der Waals surface area contributed by atoms with Gasteiger partial charge >= 0.3 is 0 Å². The molecule has 2 N–H and O–H groups in total. The summed E-state index contributed by atoms with van der Waals surface area (Å²) in [7, 11) is 0. The van der Waals surface area contributed by atoms with Crippen molar-refractivity contribution in [3.63, 3.8) is 0 Å². The highest BCUT2D eigenvalue weighted by molar-refractivity contribution is 5.80. The third-order valence-corrected chi connectivity index (χ3v) is 1.41. The molecule has 0 aliphatic carbocycles. The third kappa shape index (κ3) is 2.51. The predicted octanol–water partition coefficient (Wildman–Crippen LogP) is -0.199. The van der Waals surface area contributed by atoms with Crippen molar-refractivity contribution in [3.8, 4) is 0 Å². The Kier molecular flexibility index (Phi) is 2.80. The Labute approximate surface area is 65.0 Å². The van der Waals surface area contributed by atoms with E-state index in [1.54, 1.807) is 10.9 Å². The zero-order valence-corrected chi connectivity index (χ0v) is 6.23. The van der Waals surface area contributed by atoms with Crippen molar-refractivity contribution in [2.24, 2.45) is 5.73 Å². The second kappa shape index (κ2) is 3.88. The average molecular weight is 153 g/mol. The maximum atomic E-state index is 10.7. The lowest BCUT2D eigenvalue weighted by Gasteiger charge is -1.97.